The van der Waals surface area contributed by atoms with Crippen LogP contribution in [0.2, 0.25) is 0 Å². The van der Waals surface area contributed by atoms with Gasteiger partial charge in [0.2, 0.25) is 0 Å². The smallest absolute Gasteiger partial charge is 0.226 e. The summed E-state index contributed by atoms with van der Waals surface area (Å²) >= 11 is 0. The molecule has 2 aliphatic rings. The number of aromatic nitrogens is 2. The predicted octanol–water partition coefficient (Wildman–Crippen LogP) is 6.56. The molecule has 29 heavy (non-hydrogen) atoms. The number of rotatable bonds is 3. The fourth-order valence-electron chi connectivity index (χ4n) is 5.93. The molecule has 0 bridgehead atoms. The van der Waals surface area contributed by atoms with Crippen molar-refractivity contribution in [2.24, 2.45) is 7.05 Å². The first-order chi connectivity index (χ1) is 14.1. The lowest BCUT2D eigenvalue weighted by atomic mass is 9.80. The molecule has 0 atom stereocenters. The molecule has 1 fully saturated rings. The molecule has 2 nitrogen and oxygen atoms in total. The summed E-state index contributed by atoms with van der Waals surface area (Å²) in [5, 5.41) is 0. The predicted molar refractivity (Wildman–Crippen MR) is 122 cm³/mol. The van der Waals surface area contributed by atoms with Crippen LogP contribution in [-0.2, 0) is 20.0 Å². The van der Waals surface area contributed by atoms with Gasteiger partial charge in [-0.15, -0.1) is 0 Å². The van der Waals surface area contributed by atoms with E-state index in [1.54, 1.807) is 11.1 Å². The summed E-state index contributed by atoms with van der Waals surface area (Å²) < 4.78 is 5.09. The Balaban J connectivity index is 1.71. The molecule has 1 aromatic heterocycles. The standard InChI is InChI=1S/C27H35N2/c1-18(2)21-12-13-22(19(3)17-21)27-28(4)25-15-14-23(20-9-6-5-7-10-20)24-11-8-16-29(27)26(24)25/h12-15,17-18,20H,5-11,16H2,1-4H3/q+1. The van der Waals surface area contributed by atoms with Crippen LogP contribution in [0, 0.1) is 6.92 Å². The van der Waals surface area contributed by atoms with Gasteiger partial charge < -0.3 is 0 Å². The van der Waals surface area contributed by atoms with Gasteiger partial charge in [-0.1, -0.05) is 51.3 Å². The minimum absolute atomic E-state index is 0.575. The first kappa shape index (κ1) is 18.9. The Bertz CT molecular complexity index is 1060. The van der Waals surface area contributed by atoms with Crippen LogP contribution in [0.1, 0.15) is 86.5 Å². The summed E-state index contributed by atoms with van der Waals surface area (Å²) in [6, 6.07) is 12.0. The summed E-state index contributed by atoms with van der Waals surface area (Å²) in [6.45, 7) is 7.98. The van der Waals surface area contributed by atoms with Crippen molar-refractivity contribution in [2.45, 2.75) is 84.1 Å². The van der Waals surface area contributed by atoms with E-state index in [9.17, 15) is 0 Å². The third kappa shape index (κ3) is 3.03. The van der Waals surface area contributed by atoms with Crippen molar-refractivity contribution >= 4 is 11.0 Å². The maximum Gasteiger partial charge on any atom is 0.289 e. The minimum Gasteiger partial charge on any atom is -0.226 e. The highest BCUT2D eigenvalue weighted by molar-refractivity contribution is 5.81. The summed E-state index contributed by atoms with van der Waals surface area (Å²) in [4.78, 5) is 0. The lowest BCUT2D eigenvalue weighted by molar-refractivity contribution is -0.664. The summed E-state index contributed by atoms with van der Waals surface area (Å²) in [5.41, 5.74) is 10.5. The molecule has 0 radical (unpaired) electrons. The highest BCUT2D eigenvalue weighted by Gasteiger charge is 2.32. The summed E-state index contributed by atoms with van der Waals surface area (Å²) in [7, 11) is 2.26. The van der Waals surface area contributed by atoms with E-state index >= 15 is 0 Å². The van der Waals surface area contributed by atoms with Crippen LogP contribution >= 0.6 is 0 Å². The van der Waals surface area contributed by atoms with E-state index in [2.05, 4.69) is 67.3 Å². The largest absolute Gasteiger partial charge is 0.289 e. The van der Waals surface area contributed by atoms with Crippen molar-refractivity contribution in [1.82, 2.24) is 4.57 Å². The van der Waals surface area contributed by atoms with Crippen LogP contribution in [0.4, 0.5) is 0 Å². The molecule has 0 N–H and O–H groups in total. The molecule has 0 saturated heterocycles. The topological polar surface area (TPSA) is 8.81 Å². The number of aryl methyl sites for hydroxylation is 4. The van der Waals surface area contributed by atoms with E-state index < -0.39 is 0 Å². The number of hydrogen-bond donors (Lipinski definition) is 0. The maximum absolute atomic E-state index is 2.64. The van der Waals surface area contributed by atoms with Gasteiger partial charge in [-0.05, 0) is 73.3 Å². The zero-order valence-electron chi connectivity index (χ0n) is 18.6. The van der Waals surface area contributed by atoms with Crippen molar-refractivity contribution in [1.29, 1.82) is 0 Å². The molecule has 0 amide bonds. The minimum atomic E-state index is 0.575. The van der Waals surface area contributed by atoms with E-state index in [4.69, 9.17) is 0 Å². The second-order valence-corrected chi connectivity index (χ2v) is 9.70. The van der Waals surface area contributed by atoms with Gasteiger partial charge >= 0.3 is 0 Å². The third-order valence-corrected chi connectivity index (χ3v) is 7.51. The van der Waals surface area contributed by atoms with Gasteiger partial charge in [0.05, 0.1) is 19.2 Å². The second-order valence-electron chi connectivity index (χ2n) is 9.70. The molecular weight excluding hydrogens is 352 g/mol. The first-order valence-electron chi connectivity index (χ1n) is 11.7. The van der Waals surface area contributed by atoms with Gasteiger partial charge in [-0.25, -0.2) is 9.13 Å². The quantitative estimate of drug-likeness (QED) is 0.450. The number of hydrogen-bond acceptors (Lipinski definition) is 0. The molecule has 0 spiro atoms. The van der Waals surface area contributed by atoms with Gasteiger partial charge in [0, 0.05) is 5.56 Å². The SMILES string of the molecule is Cc1cc(C(C)C)ccc1-c1n(C)c2ccc(C3CCCCC3)c3c2[n+]1CCC3. The molecular formula is C27H35N2+. The van der Waals surface area contributed by atoms with Gasteiger partial charge in [0.15, 0.2) is 11.0 Å². The normalized spacial score (nSPS) is 17.4. The molecule has 1 aliphatic heterocycles. The molecule has 1 saturated carbocycles. The molecule has 2 heterocycles. The van der Waals surface area contributed by atoms with E-state index in [0.29, 0.717) is 5.92 Å². The van der Waals surface area contributed by atoms with Crippen LogP contribution < -0.4 is 4.57 Å². The lowest BCUT2D eigenvalue weighted by Gasteiger charge is -2.25. The highest BCUT2D eigenvalue weighted by atomic mass is 15.2. The molecule has 2 heteroatoms. The average Bonchev–Trinajstić information content (AvgIpc) is 3.02. The Labute approximate surface area is 175 Å². The first-order valence-corrected chi connectivity index (χ1v) is 11.7. The lowest BCUT2D eigenvalue weighted by Crippen LogP contribution is -2.39. The Morgan fingerprint density at radius 2 is 1.79 bits per heavy atom. The summed E-state index contributed by atoms with van der Waals surface area (Å²) in [5.74, 6) is 2.74. The summed E-state index contributed by atoms with van der Waals surface area (Å²) in [6.07, 6.45) is 9.51. The number of imidazole rings is 1. The van der Waals surface area contributed by atoms with Crippen LogP contribution in [0.25, 0.3) is 22.4 Å². The fourth-order valence-corrected chi connectivity index (χ4v) is 5.93. The zero-order chi connectivity index (χ0) is 20.1. The van der Waals surface area contributed by atoms with Crippen LogP contribution in [0.15, 0.2) is 30.3 Å². The van der Waals surface area contributed by atoms with Crippen molar-refractivity contribution in [3.63, 3.8) is 0 Å². The highest BCUT2D eigenvalue weighted by Crippen LogP contribution is 2.39. The average molecular weight is 388 g/mol. The van der Waals surface area contributed by atoms with Crippen LogP contribution in [0.5, 0.6) is 0 Å². The van der Waals surface area contributed by atoms with Gasteiger partial charge in [0.1, 0.15) is 0 Å². The number of benzene rings is 2. The Morgan fingerprint density at radius 3 is 2.52 bits per heavy atom. The molecule has 5 rings (SSSR count). The van der Waals surface area contributed by atoms with Crippen molar-refractivity contribution in [3.05, 3.63) is 52.6 Å². The van der Waals surface area contributed by atoms with Crippen molar-refractivity contribution < 1.29 is 4.57 Å². The number of nitrogens with zero attached hydrogens (tertiary/aromatic N) is 2. The molecule has 0 unspecified atom stereocenters. The van der Waals surface area contributed by atoms with E-state index in [1.807, 2.05) is 0 Å². The van der Waals surface area contributed by atoms with E-state index in [0.717, 1.165) is 12.5 Å². The Hall–Kier alpha value is -2.09. The maximum atomic E-state index is 2.64. The molecule has 152 valence electrons. The van der Waals surface area contributed by atoms with Crippen LogP contribution in [-0.4, -0.2) is 4.57 Å². The third-order valence-electron chi connectivity index (χ3n) is 7.51. The van der Waals surface area contributed by atoms with Gasteiger partial charge in [-0.2, -0.15) is 0 Å². The Morgan fingerprint density at radius 1 is 1.00 bits per heavy atom. The fraction of sp³-hybridized carbons (Fsp3) is 0.519. The van der Waals surface area contributed by atoms with Gasteiger partial charge in [0.25, 0.3) is 5.82 Å². The molecule has 3 aromatic rings. The second kappa shape index (κ2) is 7.31. The van der Waals surface area contributed by atoms with Crippen LogP contribution in [0.3, 0.4) is 0 Å². The van der Waals surface area contributed by atoms with Crippen molar-refractivity contribution in [2.75, 3.05) is 0 Å². The Kier molecular flexibility index (Phi) is 4.76. The van der Waals surface area contributed by atoms with E-state index in [1.165, 1.54) is 78.5 Å². The zero-order valence-corrected chi connectivity index (χ0v) is 18.6. The van der Waals surface area contributed by atoms with Crippen molar-refractivity contribution in [3.8, 4) is 11.4 Å². The molecule has 2 aromatic carbocycles. The van der Waals surface area contributed by atoms with Gasteiger partial charge in [-0.3, -0.25) is 0 Å². The molecule has 1 aliphatic carbocycles. The van der Waals surface area contributed by atoms with E-state index in [-0.39, 0.29) is 0 Å². The monoisotopic (exact) mass is 387 g/mol.